The summed E-state index contributed by atoms with van der Waals surface area (Å²) in [6.07, 6.45) is 1.71. The molecule has 15 heavy (non-hydrogen) atoms. The monoisotopic (exact) mass is 225 g/mol. The van der Waals surface area contributed by atoms with E-state index in [-0.39, 0.29) is 0 Å². The highest BCUT2D eigenvalue weighted by Gasteiger charge is 2.14. The van der Waals surface area contributed by atoms with Gasteiger partial charge < -0.3 is 0 Å². The van der Waals surface area contributed by atoms with Crippen molar-refractivity contribution in [1.29, 1.82) is 0 Å². The van der Waals surface area contributed by atoms with Crippen LogP contribution in [0.5, 0.6) is 0 Å². The number of rotatable bonds is 4. The van der Waals surface area contributed by atoms with Gasteiger partial charge in [0.1, 0.15) is 0 Å². The van der Waals surface area contributed by atoms with Crippen LogP contribution in [0.1, 0.15) is 19.4 Å². The van der Waals surface area contributed by atoms with Crippen molar-refractivity contribution in [2.24, 2.45) is 0 Å². The zero-order valence-electron chi connectivity index (χ0n) is 8.90. The summed E-state index contributed by atoms with van der Waals surface area (Å²) in [7, 11) is -3.25. The number of hydrogen-bond acceptors (Lipinski definition) is 2. The van der Waals surface area contributed by atoms with Gasteiger partial charge in [0.25, 0.3) is 0 Å². The average molecular weight is 225 g/mol. The van der Waals surface area contributed by atoms with E-state index in [1.807, 2.05) is 12.1 Å². The number of anilines is 1. The molecular weight excluding hydrogens is 210 g/mol. The molecule has 4 heteroatoms. The molecule has 0 aliphatic carbocycles. The van der Waals surface area contributed by atoms with Gasteiger partial charge in [-0.05, 0) is 31.5 Å². The molecule has 1 rings (SSSR count). The van der Waals surface area contributed by atoms with Crippen molar-refractivity contribution >= 4 is 21.8 Å². The molecule has 0 aromatic heterocycles. The van der Waals surface area contributed by atoms with E-state index in [2.05, 4.69) is 11.3 Å². The lowest BCUT2D eigenvalue weighted by Crippen LogP contribution is -2.22. The Bertz CT molecular complexity index is 432. The predicted molar refractivity (Wildman–Crippen MR) is 64.2 cm³/mol. The minimum atomic E-state index is -3.25. The summed E-state index contributed by atoms with van der Waals surface area (Å²) in [5.41, 5.74) is 1.54. The highest BCUT2D eigenvalue weighted by Crippen LogP contribution is 2.13. The Morgan fingerprint density at radius 3 is 2.20 bits per heavy atom. The van der Waals surface area contributed by atoms with Gasteiger partial charge in [-0.25, -0.2) is 8.42 Å². The average Bonchev–Trinajstić information content (AvgIpc) is 2.18. The Morgan fingerprint density at radius 1 is 1.27 bits per heavy atom. The smallest absolute Gasteiger partial charge is 0.235 e. The molecule has 0 aliphatic rings. The summed E-state index contributed by atoms with van der Waals surface area (Å²) >= 11 is 0. The topological polar surface area (TPSA) is 46.2 Å². The van der Waals surface area contributed by atoms with E-state index in [1.54, 1.807) is 32.1 Å². The van der Waals surface area contributed by atoms with E-state index < -0.39 is 15.3 Å². The molecule has 0 heterocycles. The Kier molecular flexibility index (Phi) is 3.52. The fourth-order valence-corrected chi connectivity index (χ4v) is 1.67. The van der Waals surface area contributed by atoms with Crippen molar-refractivity contribution < 1.29 is 8.42 Å². The Morgan fingerprint density at radius 2 is 1.80 bits per heavy atom. The van der Waals surface area contributed by atoms with Gasteiger partial charge in [0.05, 0.1) is 5.25 Å². The molecule has 0 saturated heterocycles. The third-order valence-corrected chi connectivity index (χ3v) is 3.79. The van der Waals surface area contributed by atoms with Crippen molar-refractivity contribution in [1.82, 2.24) is 0 Å². The molecule has 0 atom stereocenters. The van der Waals surface area contributed by atoms with Crippen LogP contribution >= 0.6 is 0 Å². The molecule has 0 amide bonds. The predicted octanol–water partition coefficient (Wildman–Crippen LogP) is 2.48. The molecular formula is C11H15NO2S. The normalized spacial score (nSPS) is 11.4. The first-order valence-electron chi connectivity index (χ1n) is 4.70. The highest BCUT2D eigenvalue weighted by molar-refractivity contribution is 7.93. The lowest BCUT2D eigenvalue weighted by Gasteiger charge is -2.10. The summed E-state index contributed by atoms with van der Waals surface area (Å²) in [6.45, 7) is 6.90. The Labute approximate surface area is 90.9 Å². The van der Waals surface area contributed by atoms with Gasteiger partial charge in [0.2, 0.25) is 10.0 Å². The number of nitrogens with one attached hydrogen (secondary N) is 1. The highest BCUT2D eigenvalue weighted by atomic mass is 32.2. The lowest BCUT2D eigenvalue weighted by molar-refractivity contribution is 0.593. The van der Waals surface area contributed by atoms with Crippen LogP contribution in [0.25, 0.3) is 6.08 Å². The fraction of sp³-hybridized carbons (Fsp3) is 0.273. The molecule has 1 aromatic carbocycles. The summed E-state index contributed by atoms with van der Waals surface area (Å²) < 4.78 is 25.6. The molecule has 0 bridgehead atoms. The molecule has 0 unspecified atom stereocenters. The van der Waals surface area contributed by atoms with Gasteiger partial charge in [-0.1, -0.05) is 24.8 Å². The second kappa shape index (κ2) is 4.49. The third kappa shape index (κ3) is 3.09. The van der Waals surface area contributed by atoms with Crippen molar-refractivity contribution in [3.63, 3.8) is 0 Å². The van der Waals surface area contributed by atoms with E-state index in [4.69, 9.17) is 0 Å². The second-order valence-corrected chi connectivity index (χ2v) is 5.76. The van der Waals surface area contributed by atoms with E-state index in [9.17, 15) is 8.42 Å². The zero-order valence-corrected chi connectivity index (χ0v) is 9.71. The van der Waals surface area contributed by atoms with E-state index in [1.165, 1.54) is 0 Å². The van der Waals surface area contributed by atoms with Crippen LogP contribution in [-0.2, 0) is 10.0 Å². The summed E-state index contributed by atoms with van der Waals surface area (Å²) in [5.74, 6) is 0. The van der Waals surface area contributed by atoms with E-state index in [0.29, 0.717) is 5.69 Å². The first-order valence-corrected chi connectivity index (χ1v) is 6.24. The minimum absolute atomic E-state index is 0.434. The third-order valence-electron chi connectivity index (χ3n) is 2.03. The molecule has 0 radical (unpaired) electrons. The Hall–Kier alpha value is -1.29. The van der Waals surface area contributed by atoms with Crippen LogP contribution in [-0.4, -0.2) is 13.7 Å². The summed E-state index contributed by atoms with van der Waals surface area (Å²) in [5, 5.41) is -0.434. The molecule has 0 spiro atoms. The number of benzene rings is 1. The van der Waals surface area contributed by atoms with Gasteiger partial charge in [-0.3, -0.25) is 4.72 Å². The standard InChI is InChI=1S/C11H15NO2S/c1-4-10-5-7-11(8-6-10)12-15(13,14)9(2)3/h4-9,12H,1H2,2-3H3. The summed E-state index contributed by atoms with van der Waals surface area (Å²) in [4.78, 5) is 0. The first-order chi connectivity index (χ1) is 6.95. The van der Waals surface area contributed by atoms with Crippen LogP contribution in [0.2, 0.25) is 0 Å². The number of sulfonamides is 1. The van der Waals surface area contributed by atoms with Gasteiger partial charge in [-0.15, -0.1) is 0 Å². The first kappa shape index (κ1) is 11.8. The van der Waals surface area contributed by atoms with E-state index >= 15 is 0 Å². The van der Waals surface area contributed by atoms with Crippen molar-refractivity contribution in [2.45, 2.75) is 19.1 Å². The van der Waals surface area contributed by atoms with Crippen LogP contribution in [0, 0.1) is 0 Å². The van der Waals surface area contributed by atoms with Gasteiger partial charge in [-0.2, -0.15) is 0 Å². The molecule has 82 valence electrons. The molecule has 3 nitrogen and oxygen atoms in total. The molecule has 0 saturated carbocycles. The van der Waals surface area contributed by atoms with Crippen molar-refractivity contribution in [3.05, 3.63) is 36.4 Å². The maximum absolute atomic E-state index is 11.5. The molecule has 0 aliphatic heterocycles. The van der Waals surface area contributed by atoms with Gasteiger partial charge >= 0.3 is 0 Å². The van der Waals surface area contributed by atoms with Crippen molar-refractivity contribution in [2.75, 3.05) is 4.72 Å². The van der Waals surface area contributed by atoms with Gasteiger partial charge in [0, 0.05) is 5.69 Å². The van der Waals surface area contributed by atoms with Crippen LogP contribution in [0.15, 0.2) is 30.8 Å². The van der Waals surface area contributed by atoms with Crippen LogP contribution < -0.4 is 4.72 Å². The molecule has 0 fully saturated rings. The second-order valence-electron chi connectivity index (χ2n) is 3.52. The minimum Gasteiger partial charge on any atom is -0.283 e. The largest absolute Gasteiger partial charge is 0.283 e. The van der Waals surface area contributed by atoms with Gasteiger partial charge in [0.15, 0.2) is 0 Å². The van der Waals surface area contributed by atoms with Crippen LogP contribution in [0.3, 0.4) is 0 Å². The zero-order chi connectivity index (χ0) is 11.5. The van der Waals surface area contributed by atoms with Crippen LogP contribution in [0.4, 0.5) is 5.69 Å². The maximum atomic E-state index is 11.5. The number of hydrogen-bond donors (Lipinski definition) is 1. The lowest BCUT2D eigenvalue weighted by atomic mass is 10.2. The van der Waals surface area contributed by atoms with E-state index in [0.717, 1.165) is 5.56 Å². The molecule has 1 aromatic rings. The molecule has 1 N–H and O–H groups in total. The summed E-state index contributed by atoms with van der Waals surface area (Å²) in [6, 6.07) is 7.06. The van der Waals surface area contributed by atoms with Crippen molar-refractivity contribution in [3.8, 4) is 0 Å². The fourth-order valence-electron chi connectivity index (χ4n) is 0.969. The quantitative estimate of drug-likeness (QED) is 0.855. The SMILES string of the molecule is C=Cc1ccc(NS(=O)(=O)C(C)C)cc1. The maximum Gasteiger partial charge on any atom is 0.235 e. The Balaban J connectivity index is 2.87.